The summed E-state index contributed by atoms with van der Waals surface area (Å²) in [6, 6.07) is 9.64. The Morgan fingerprint density at radius 2 is 1.12 bits per heavy atom. The number of hydrogen-bond acceptors (Lipinski definition) is 5. The summed E-state index contributed by atoms with van der Waals surface area (Å²) < 4.78 is 11.6. The van der Waals surface area contributed by atoms with Gasteiger partial charge in [-0.1, -0.05) is 115 Å². The number of ether oxygens (including phenoxy) is 2. The highest BCUT2D eigenvalue weighted by atomic mass is 16.5. The number of unbranched alkanes of at least 4 members (excludes halogenated alkanes) is 15. The number of rotatable bonds is 24. The van der Waals surface area contributed by atoms with Crippen molar-refractivity contribution in [2.24, 2.45) is 0 Å². The summed E-state index contributed by atoms with van der Waals surface area (Å²) in [4.78, 5) is 11.6. The fraction of sp³-hybridized carbons (Fsp3) is 0.618. The van der Waals surface area contributed by atoms with Crippen LogP contribution in [0.3, 0.4) is 0 Å². The van der Waals surface area contributed by atoms with Crippen molar-refractivity contribution in [1.29, 1.82) is 0 Å². The molecule has 0 amide bonds. The van der Waals surface area contributed by atoms with Crippen LogP contribution in [0.1, 0.15) is 132 Å². The zero-order chi connectivity index (χ0) is 28.8. The molecule has 6 heteroatoms. The summed E-state index contributed by atoms with van der Waals surface area (Å²) in [5.74, 6) is -0.329. The third-order valence-electron chi connectivity index (χ3n) is 7.35. The minimum absolute atomic E-state index is 0.111. The average molecular weight is 557 g/mol. The Morgan fingerprint density at radius 3 is 1.62 bits per heavy atom. The smallest absolute Gasteiger partial charge is 0.335 e. The summed E-state index contributed by atoms with van der Waals surface area (Å²) in [5.41, 5.74) is 0.774. The van der Waals surface area contributed by atoms with Gasteiger partial charge >= 0.3 is 5.97 Å². The monoisotopic (exact) mass is 556 g/mol. The van der Waals surface area contributed by atoms with Crippen molar-refractivity contribution < 1.29 is 29.6 Å². The molecule has 0 aliphatic carbocycles. The Morgan fingerprint density at radius 1 is 0.650 bits per heavy atom. The van der Waals surface area contributed by atoms with E-state index in [1.165, 1.54) is 108 Å². The first-order valence-corrected chi connectivity index (χ1v) is 15.6. The van der Waals surface area contributed by atoms with Crippen LogP contribution in [-0.4, -0.2) is 34.5 Å². The van der Waals surface area contributed by atoms with Crippen molar-refractivity contribution in [3.8, 4) is 23.0 Å². The number of carbonyl (C=O) groups is 1. The van der Waals surface area contributed by atoms with E-state index in [1.807, 2.05) is 0 Å². The molecule has 0 radical (unpaired) electrons. The molecule has 0 bridgehead atoms. The SMILES string of the molecule is CCCCCCCCCCCCCCCCCCOc1cc(OCCCc2cccc(O)c2O)cc(C(=O)O)c1. The number of phenolic OH excluding ortho intramolecular Hbond substituents is 2. The Kier molecular flexibility index (Phi) is 17.4. The van der Waals surface area contributed by atoms with E-state index in [2.05, 4.69) is 6.92 Å². The number of hydrogen-bond donors (Lipinski definition) is 3. The van der Waals surface area contributed by atoms with E-state index >= 15 is 0 Å². The number of aromatic carboxylic acids is 1. The molecular formula is C34H52O6. The van der Waals surface area contributed by atoms with E-state index in [0.29, 0.717) is 43.1 Å². The van der Waals surface area contributed by atoms with E-state index in [-0.39, 0.29) is 17.1 Å². The van der Waals surface area contributed by atoms with E-state index in [0.717, 1.165) is 12.8 Å². The summed E-state index contributed by atoms with van der Waals surface area (Å²) in [5, 5.41) is 29.0. The Hall–Kier alpha value is -2.89. The van der Waals surface area contributed by atoms with Crippen molar-refractivity contribution in [3.63, 3.8) is 0 Å². The standard InChI is InChI=1S/C34H52O6/c1-2-3-4-5-6-7-8-9-10-11-12-13-14-15-16-17-23-39-30-25-29(34(37)38)26-31(27-30)40-24-19-21-28-20-18-22-32(35)33(28)36/h18,20,22,25-27,35-36H,2-17,19,21,23-24H2,1H3,(H,37,38). The predicted molar refractivity (Wildman–Crippen MR) is 162 cm³/mol. The Balaban J connectivity index is 1.54. The quantitative estimate of drug-likeness (QED) is 0.0880. The minimum atomic E-state index is -1.03. The van der Waals surface area contributed by atoms with Gasteiger partial charge in [-0.2, -0.15) is 0 Å². The van der Waals surface area contributed by atoms with Crippen molar-refractivity contribution in [2.75, 3.05) is 13.2 Å². The predicted octanol–water partition coefficient (Wildman–Crippen LogP) is 9.45. The highest BCUT2D eigenvalue weighted by molar-refractivity contribution is 5.88. The summed E-state index contributed by atoms with van der Waals surface area (Å²) >= 11 is 0. The normalized spacial score (nSPS) is 11.0. The molecule has 0 aromatic heterocycles. The Labute approximate surface area is 241 Å². The molecule has 6 nitrogen and oxygen atoms in total. The van der Waals surface area contributed by atoms with Gasteiger partial charge in [-0.3, -0.25) is 0 Å². The van der Waals surface area contributed by atoms with Crippen LogP contribution < -0.4 is 9.47 Å². The molecule has 0 atom stereocenters. The first-order valence-electron chi connectivity index (χ1n) is 15.6. The number of aromatic hydroxyl groups is 2. The lowest BCUT2D eigenvalue weighted by molar-refractivity contribution is 0.0695. The summed E-state index contributed by atoms with van der Waals surface area (Å²) in [6.07, 6.45) is 22.2. The molecule has 0 aliphatic heterocycles. The van der Waals surface area contributed by atoms with Crippen LogP contribution in [0.2, 0.25) is 0 Å². The van der Waals surface area contributed by atoms with Crippen LogP contribution in [0.15, 0.2) is 36.4 Å². The van der Waals surface area contributed by atoms with Crippen molar-refractivity contribution in [1.82, 2.24) is 0 Å². The van der Waals surface area contributed by atoms with Crippen LogP contribution >= 0.6 is 0 Å². The lowest BCUT2D eigenvalue weighted by Crippen LogP contribution is -2.04. The first-order chi connectivity index (χ1) is 19.5. The Bertz CT molecular complexity index is 957. The second-order valence-corrected chi connectivity index (χ2v) is 10.9. The zero-order valence-electron chi connectivity index (χ0n) is 24.7. The molecule has 3 N–H and O–H groups in total. The number of phenols is 2. The fourth-order valence-electron chi connectivity index (χ4n) is 4.93. The lowest BCUT2D eigenvalue weighted by atomic mass is 10.0. The number of carboxylic acid groups (broad SMARTS) is 1. The van der Waals surface area contributed by atoms with Gasteiger partial charge in [-0.15, -0.1) is 0 Å². The molecule has 0 unspecified atom stereocenters. The van der Waals surface area contributed by atoms with Gasteiger partial charge in [0.25, 0.3) is 0 Å². The van der Waals surface area contributed by atoms with Crippen molar-refractivity contribution in [3.05, 3.63) is 47.5 Å². The number of carboxylic acids is 1. The summed E-state index contributed by atoms with van der Waals surface area (Å²) in [6.45, 7) is 3.17. The van der Waals surface area contributed by atoms with Crippen LogP contribution in [0.4, 0.5) is 0 Å². The number of benzene rings is 2. The van der Waals surface area contributed by atoms with Crippen LogP contribution in [0.5, 0.6) is 23.0 Å². The maximum atomic E-state index is 11.6. The van der Waals surface area contributed by atoms with Crippen molar-refractivity contribution >= 4 is 5.97 Å². The molecule has 40 heavy (non-hydrogen) atoms. The van der Waals surface area contributed by atoms with Crippen molar-refractivity contribution in [2.45, 2.75) is 122 Å². The molecule has 0 spiro atoms. The van der Waals surface area contributed by atoms with Gasteiger partial charge in [0, 0.05) is 6.07 Å². The second-order valence-electron chi connectivity index (χ2n) is 10.9. The van der Waals surface area contributed by atoms with Gasteiger partial charge in [-0.05, 0) is 43.0 Å². The molecule has 2 aromatic rings. The molecule has 2 aromatic carbocycles. The highest BCUT2D eigenvalue weighted by Gasteiger charge is 2.10. The van der Waals surface area contributed by atoms with E-state index in [9.17, 15) is 20.1 Å². The van der Waals surface area contributed by atoms with Crippen LogP contribution in [0.25, 0.3) is 0 Å². The average Bonchev–Trinajstić information content (AvgIpc) is 2.94. The highest BCUT2D eigenvalue weighted by Crippen LogP contribution is 2.29. The van der Waals surface area contributed by atoms with Gasteiger partial charge in [-0.25, -0.2) is 4.79 Å². The molecule has 2 rings (SSSR count). The van der Waals surface area contributed by atoms with E-state index in [4.69, 9.17) is 9.47 Å². The van der Waals surface area contributed by atoms with Crippen LogP contribution in [-0.2, 0) is 6.42 Å². The molecule has 0 aliphatic rings. The number of para-hydroxylation sites is 1. The van der Waals surface area contributed by atoms with Gasteiger partial charge in [0.05, 0.1) is 18.8 Å². The van der Waals surface area contributed by atoms with Gasteiger partial charge in [0.1, 0.15) is 11.5 Å². The maximum Gasteiger partial charge on any atom is 0.335 e. The first kappa shape index (κ1) is 33.3. The third-order valence-corrected chi connectivity index (χ3v) is 7.35. The maximum absolute atomic E-state index is 11.6. The van der Waals surface area contributed by atoms with Gasteiger partial charge in [0.15, 0.2) is 11.5 Å². The number of aryl methyl sites for hydroxylation is 1. The van der Waals surface area contributed by atoms with Crippen LogP contribution in [0, 0.1) is 0 Å². The largest absolute Gasteiger partial charge is 0.504 e. The third kappa shape index (κ3) is 14.5. The molecule has 0 saturated carbocycles. The molecule has 0 saturated heterocycles. The van der Waals surface area contributed by atoms with E-state index in [1.54, 1.807) is 18.2 Å². The van der Waals surface area contributed by atoms with Gasteiger partial charge in [0.2, 0.25) is 0 Å². The summed E-state index contributed by atoms with van der Waals surface area (Å²) in [7, 11) is 0. The second kappa shape index (κ2) is 20.9. The van der Waals surface area contributed by atoms with E-state index < -0.39 is 5.97 Å². The molecular weight excluding hydrogens is 504 g/mol. The lowest BCUT2D eigenvalue weighted by Gasteiger charge is -2.12. The minimum Gasteiger partial charge on any atom is -0.504 e. The fourth-order valence-corrected chi connectivity index (χ4v) is 4.93. The zero-order valence-corrected chi connectivity index (χ0v) is 24.7. The molecule has 0 fully saturated rings. The molecule has 0 heterocycles. The molecule has 224 valence electrons. The van der Waals surface area contributed by atoms with Gasteiger partial charge < -0.3 is 24.8 Å². The topological polar surface area (TPSA) is 96.2 Å².